The van der Waals surface area contributed by atoms with Gasteiger partial charge in [-0.25, -0.2) is 0 Å². The molecule has 1 amide bonds. The third-order valence-corrected chi connectivity index (χ3v) is 3.59. The second kappa shape index (κ2) is 6.84. The molecule has 5 heteroatoms. The van der Waals surface area contributed by atoms with Crippen molar-refractivity contribution in [2.24, 2.45) is 0 Å². The van der Waals surface area contributed by atoms with Gasteiger partial charge in [-0.05, 0) is 25.5 Å². The zero-order valence-corrected chi connectivity index (χ0v) is 12.6. The van der Waals surface area contributed by atoms with Crippen LogP contribution in [0.3, 0.4) is 0 Å². The maximum atomic E-state index is 12.2. The van der Waals surface area contributed by atoms with E-state index in [4.69, 9.17) is 21.1 Å². The molecular weight excluding hydrogens is 278 g/mol. The fourth-order valence-electron chi connectivity index (χ4n) is 2.18. The number of halogens is 1. The van der Waals surface area contributed by atoms with Gasteiger partial charge >= 0.3 is 0 Å². The number of unbranched alkanes of at least 4 members (excludes halogenated alkanes) is 2. The highest BCUT2D eigenvalue weighted by Gasteiger charge is 2.21. The monoisotopic (exact) mass is 297 g/mol. The van der Waals surface area contributed by atoms with Crippen molar-refractivity contribution in [3.8, 4) is 11.5 Å². The molecule has 1 aromatic carbocycles. The molecule has 0 radical (unpaired) electrons. The van der Waals surface area contributed by atoms with Crippen LogP contribution >= 0.6 is 11.6 Å². The van der Waals surface area contributed by atoms with Crippen LogP contribution in [0.4, 0.5) is 0 Å². The Morgan fingerprint density at radius 3 is 2.95 bits per heavy atom. The average Bonchev–Trinajstić information content (AvgIpc) is 2.87. The molecule has 0 spiro atoms. The van der Waals surface area contributed by atoms with Crippen molar-refractivity contribution in [1.29, 1.82) is 0 Å². The number of hydrogen-bond donors (Lipinski definition) is 1. The van der Waals surface area contributed by atoms with E-state index in [0.717, 1.165) is 12.8 Å². The largest absolute Gasteiger partial charge is 0.454 e. The second-order valence-corrected chi connectivity index (χ2v) is 5.47. The van der Waals surface area contributed by atoms with Crippen LogP contribution in [0.5, 0.6) is 11.5 Å². The number of hydrogen-bond acceptors (Lipinski definition) is 3. The van der Waals surface area contributed by atoms with E-state index in [1.165, 1.54) is 12.8 Å². The molecule has 0 bridgehead atoms. The van der Waals surface area contributed by atoms with Gasteiger partial charge in [0, 0.05) is 11.6 Å². The number of benzene rings is 1. The van der Waals surface area contributed by atoms with Crippen molar-refractivity contribution in [3.05, 3.63) is 22.7 Å². The lowest BCUT2D eigenvalue weighted by Gasteiger charge is -2.14. The Bertz CT molecular complexity index is 490. The minimum Gasteiger partial charge on any atom is -0.454 e. The fourth-order valence-corrected chi connectivity index (χ4v) is 2.44. The van der Waals surface area contributed by atoms with Gasteiger partial charge in [0.25, 0.3) is 5.91 Å². The number of carbonyl (C=O) groups excluding carboxylic acids is 1. The summed E-state index contributed by atoms with van der Waals surface area (Å²) in [7, 11) is 0. The Labute approximate surface area is 124 Å². The number of carbonyl (C=O) groups is 1. The summed E-state index contributed by atoms with van der Waals surface area (Å²) in [5.41, 5.74) is 0.501. The Kier molecular flexibility index (Phi) is 5.12. The van der Waals surface area contributed by atoms with E-state index in [1.54, 1.807) is 12.1 Å². The number of amides is 1. The molecule has 0 fully saturated rings. The first-order valence-corrected chi connectivity index (χ1v) is 7.39. The molecule has 4 nitrogen and oxygen atoms in total. The normalized spacial score (nSPS) is 14.2. The summed E-state index contributed by atoms with van der Waals surface area (Å²) in [5, 5.41) is 3.39. The van der Waals surface area contributed by atoms with Gasteiger partial charge in [-0.3, -0.25) is 4.79 Å². The van der Waals surface area contributed by atoms with Gasteiger partial charge in [-0.15, -0.1) is 0 Å². The van der Waals surface area contributed by atoms with Gasteiger partial charge in [0.1, 0.15) is 0 Å². The summed E-state index contributed by atoms with van der Waals surface area (Å²) in [6.07, 6.45) is 4.48. The summed E-state index contributed by atoms with van der Waals surface area (Å²) in [4.78, 5) is 12.2. The molecule has 20 heavy (non-hydrogen) atoms. The van der Waals surface area contributed by atoms with Gasteiger partial charge in [0.05, 0.1) is 5.02 Å². The summed E-state index contributed by atoms with van der Waals surface area (Å²) < 4.78 is 10.5. The van der Waals surface area contributed by atoms with Crippen molar-refractivity contribution < 1.29 is 14.3 Å². The predicted molar refractivity (Wildman–Crippen MR) is 78.6 cm³/mol. The Hall–Kier alpha value is -1.42. The third kappa shape index (κ3) is 3.57. The molecule has 0 aromatic heterocycles. The first-order chi connectivity index (χ1) is 9.61. The van der Waals surface area contributed by atoms with Crippen molar-refractivity contribution in [2.75, 3.05) is 6.79 Å². The zero-order chi connectivity index (χ0) is 14.5. The van der Waals surface area contributed by atoms with Gasteiger partial charge in [-0.2, -0.15) is 0 Å². The van der Waals surface area contributed by atoms with E-state index in [2.05, 4.69) is 12.2 Å². The predicted octanol–water partition coefficient (Wildman–Crippen LogP) is 3.77. The molecule has 0 saturated heterocycles. The number of ether oxygens (including phenoxy) is 2. The third-order valence-electron chi connectivity index (χ3n) is 3.31. The molecule has 1 aliphatic rings. The number of rotatable bonds is 6. The topological polar surface area (TPSA) is 47.6 Å². The maximum absolute atomic E-state index is 12.2. The maximum Gasteiger partial charge on any atom is 0.251 e. The highest BCUT2D eigenvalue weighted by atomic mass is 35.5. The molecule has 1 N–H and O–H groups in total. The van der Waals surface area contributed by atoms with Gasteiger partial charge in [0.15, 0.2) is 11.5 Å². The zero-order valence-electron chi connectivity index (χ0n) is 11.9. The van der Waals surface area contributed by atoms with E-state index in [1.807, 2.05) is 6.92 Å². The highest BCUT2D eigenvalue weighted by molar-refractivity contribution is 6.32. The highest BCUT2D eigenvalue weighted by Crippen LogP contribution is 2.39. The van der Waals surface area contributed by atoms with Gasteiger partial charge in [-0.1, -0.05) is 37.8 Å². The smallest absolute Gasteiger partial charge is 0.251 e. The van der Waals surface area contributed by atoms with E-state index in [-0.39, 0.29) is 18.7 Å². The summed E-state index contributed by atoms with van der Waals surface area (Å²) in [6.45, 7) is 4.33. The van der Waals surface area contributed by atoms with Crippen LogP contribution in [0.25, 0.3) is 0 Å². The van der Waals surface area contributed by atoms with Crippen molar-refractivity contribution in [3.63, 3.8) is 0 Å². The molecule has 0 aliphatic carbocycles. The molecule has 1 aromatic rings. The van der Waals surface area contributed by atoms with Crippen molar-refractivity contribution in [2.45, 2.75) is 45.6 Å². The quantitative estimate of drug-likeness (QED) is 0.813. The van der Waals surface area contributed by atoms with Gasteiger partial charge < -0.3 is 14.8 Å². The molecule has 1 atom stereocenters. The lowest BCUT2D eigenvalue weighted by Crippen LogP contribution is -2.32. The van der Waals surface area contributed by atoms with Crippen molar-refractivity contribution >= 4 is 17.5 Å². The van der Waals surface area contributed by atoms with E-state index < -0.39 is 0 Å². The molecule has 0 saturated carbocycles. The SMILES string of the molecule is CCCCCC(C)NC(=O)c1cc(Cl)c2c(c1)OCO2. The lowest BCUT2D eigenvalue weighted by atomic mass is 10.1. The molecular formula is C15H20ClNO3. The average molecular weight is 298 g/mol. The second-order valence-electron chi connectivity index (χ2n) is 5.06. The van der Waals surface area contributed by atoms with E-state index in [0.29, 0.717) is 22.1 Å². The van der Waals surface area contributed by atoms with Crippen molar-refractivity contribution in [1.82, 2.24) is 5.32 Å². The van der Waals surface area contributed by atoms with Crippen LogP contribution in [-0.4, -0.2) is 18.7 Å². The van der Waals surface area contributed by atoms with Crippen LogP contribution in [0.2, 0.25) is 5.02 Å². The first kappa shape index (κ1) is 15.0. The van der Waals surface area contributed by atoms with Crippen LogP contribution in [0.1, 0.15) is 49.9 Å². The number of nitrogens with one attached hydrogen (secondary N) is 1. The van der Waals surface area contributed by atoms with Crippen LogP contribution < -0.4 is 14.8 Å². The summed E-state index contributed by atoms with van der Waals surface area (Å²) in [6, 6.07) is 3.43. The molecule has 2 rings (SSSR count). The number of fused-ring (bicyclic) bond motifs is 1. The molecule has 1 unspecified atom stereocenters. The van der Waals surface area contributed by atoms with Crippen LogP contribution in [-0.2, 0) is 0 Å². The Morgan fingerprint density at radius 1 is 1.40 bits per heavy atom. The standard InChI is InChI=1S/C15H20ClNO3/c1-3-4-5-6-10(2)17-15(18)11-7-12(16)14-13(8-11)19-9-20-14/h7-8,10H,3-6,9H2,1-2H3,(H,17,18). The summed E-state index contributed by atoms with van der Waals surface area (Å²) in [5.74, 6) is 0.912. The first-order valence-electron chi connectivity index (χ1n) is 7.01. The lowest BCUT2D eigenvalue weighted by molar-refractivity contribution is 0.0937. The summed E-state index contributed by atoms with van der Waals surface area (Å²) >= 11 is 6.07. The molecule has 1 heterocycles. The Morgan fingerprint density at radius 2 is 2.20 bits per heavy atom. The minimum absolute atomic E-state index is 0.130. The molecule has 110 valence electrons. The Balaban J connectivity index is 1.97. The minimum atomic E-state index is -0.130. The van der Waals surface area contributed by atoms with E-state index >= 15 is 0 Å². The van der Waals surface area contributed by atoms with Gasteiger partial charge in [0.2, 0.25) is 6.79 Å². The fraction of sp³-hybridized carbons (Fsp3) is 0.533. The van der Waals surface area contributed by atoms with E-state index in [9.17, 15) is 4.79 Å². The van der Waals surface area contributed by atoms with Crippen LogP contribution in [0, 0.1) is 0 Å². The van der Waals surface area contributed by atoms with Crippen LogP contribution in [0.15, 0.2) is 12.1 Å². The molecule has 1 aliphatic heterocycles.